The van der Waals surface area contributed by atoms with Crippen LogP contribution in [0.25, 0.3) is 0 Å². The van der Waals surface area contributed by atoms with Crippen molar-refractivity contribution in [2.24, 2.45) is 0 Å². The molecule has 0 atom stereocenters. The van der Waals surface area contributed by atoms with Crippen molar-refractivity contribution in [2.75, 3.05) is 5.32 Å². The second kappa shape index (κ2) is 4.73. The Hall–Kier alpha value is -1.59. The van der Waals surface area contributed by atoms with E-state index in [1.165, 1.54) is 0 Å². The molecular weight excluding hydrogens is 263 g/mol. The van der Waals surface area contributed by atoms with Crippen LogP contribution in [-0.4, -0.2) is 21.1 Å². The van der Waals surface area contributed by atoms with E-state index >= 15 is 0 Å². The minimum atomic E-state index is -0.446. The van der Waals surface area contributed by atoms with Gasteiger partial charge in [0.05, 0.1) is 10.7 Å². The van der Waals surface area contributed by atoms with E-state index in [4.69, 9.17) is 23.2 Å². The Morgan fingerprint density at radius 1 is 1.41 bits per heavy atom. The number of halogens is 2. The highest BCUT2D eigenvalue weighted by molar-refractivity contribution is 6.35. The summed E-state index contributed by atoms with van der Waals surface area (Å²) in [5.41, 5.74) is 0.423. The Bertz CT molecular complexity index is 567. The predicted octanol–water partition coefficient (Wildman–Crippen LogP) is 2.67. The molecule has 0 aliphatic carbocycles. The third kappa shape index (κ3) is 2.75. The largest absolute Gasteiger partial charge is 0.318 e. The molecular formula is C10H8Cl2N4O. The number of nitrogens with zero attached hydrogens (tertiary/aromatic N) is 2. The van der Waals surface area contributed by atoms with Crippen LogP contribution in [0, 0.1) is 6.92 Å². The van der Waals surface area contributed by atoms with Gasteiger partial charge in [-0.2, -0.15) is 0 Å². The molecule has 1 aromatic heterocycles. The zero-order chi connectivity index (χ0) is 12.4. The summed E-state index contributed by atoms with van der Waals surface area (Å²) in [4.78, 5) is 15.6. The van der Waals surface area contributed by atoms with Crippen LogP contribution in [-0.2, 0) is 0 Å². The van der Waals surface area contributed by atoms with Crippen LogP contribution >= 0.6 is 23.2 Å². The number of aryl methyl sites for hydroxylation is 1. The molecule has 0 unspecified atom stereocenters. The molecule has 0 fully saturated rings. The molecule has 17 heavy (non-hydrogen) atoms. The zero-order valence-corrected chi connectivity index (χ0v) is 10.3. The number of carbonyl (C=O) groups is 1. The Labute approximate surface area is 107 Å². The highest BCUT2D eigenvalue weighted by Crippen LogP contribution is 2.25. The van der Waals surface area contributed by atoms with Crippen LogP contribution in [0.3, 0.4) is 0 Å². The summed E-state index contributed by atoms with van der Waals surface area (Å²) in [7, 11) is 0. The molecule has 1 heterocycles. The molecule has 0 saturated heterocycles. The molecule has 0 saturated carbocycles. The van der Waals surface area contributed by atoms with E-state index in [9.17, 15) is 4.79 Å². The molecule has 2 N–H and O–H groups in total. The number of carbonyl (C=O) groups excluding carboxylic acids is 1. The first-order valence-corrected chi connectivity index (χ1v) is 5.47. The SMILES string of the molecule is Cc1nc(C(=O)Nc2cc(Cl)ccc2Cl)n[nH]1. The molecule has 0 radical (unpaired) electrons. The molecule has 0 aliphatic rings. The van der Waals surface area contributed by atoms with Gasteiger partial charge in [0, 0.05) is 5.02 Å². The third-order valence-electron chi connectivity index (χ3n) is 1.98. The average Bonchev–Trinajstić information content (AvgIpc) is 2.70. The number of aromatic nitrogens is 3. The summed E-state index contributed by atoms with van der Waals surface area (Å²) in [5, 5.41) is 9.78. The van der Waals surface area contributed by atoms with Gasteiger partial charge in [-0.3, -0.25) is 9.89 Å². The lowest BCUT2D eigenvalue weighted by molar-refractivity contribution is 0.101. The number of aromatic amines is 1. The molecule has 0 bridgehead atoms. The molecule has 5 nitrogen and oxygen atoms in total. The second-order valence-corrected chi connectivity index (χ2v) is 4.17. The van der Waals surface area contributed by atoms with E-state index in [-0.39, 0.29) is 5.82 Å². The predicted molar refractivity (Wildman–Crippen MR) is 65.5 cm³/mol. The lowest BCUT2D eigenvalue weighted by Gasteiger charge is -2.05. The lowest BCUT2D eigenvalue weighted by Crippen LogP contribution is -2.14. The molecule has 2 rings (SSSR count). The minimum absolute atomic E-state index is 0.0542. The zero-order valence-electron chi connectivity index (χ0n) is 8.79. The molecule has 2 aromatic rings. The van der Waals surface area contributed by atoms with E-state index < -0.39 is 5.91 Å². The maximum absolute atomic E-state index is 11.7. The van der Waals surface area contributed by atoms with Gasteiger partial charge in [-0.15, -0.1) is 5.10 Å². The quantitative estimate of drug-likeness (QED) is 0.882. The normalized spacial score (nSPS) is 10.3. The fraction of sp³-hybridized carbons (Fsp3) is 0.100. The summed E-state index contributed by atoms with van der Waals surface area (Å²) < 4.78 is 0. The summed E-state index contributed by atoms with van der Waals surface area (Å²) in [6.07, 6.45) is 0. The number of amides is 1. The Balaban J connectivity index is 2.21. The van der Waals surface area contributed by atoms with Gasteiger partial charge in [-0.05, 0) is 25.1 Å². The minimum Gasteiger partial charge on any atom is -0.318 e. The second-order valence-electron chi connectivity index (χ2n) is 3.32. The summed E-state index contributed by atoms with van der Waals surface area (Å²) in [6.45, 7) is 1.70. The summed E-state index contributed by atoms with van der Waals surface area (Å²) in [6, 6.07) is 4.79. The summed E-state index contributed by atoms with van der Waals surface area (Å²) in [5.74, 6) is 0.171. The van der Waals surface area contributed by atoms with Crippen LogP contribution in [0.5, 0.6) is 0 Å². The Morgan fingerprint density at radius 2 is 2.18 bits per heavy atom. The first kappa shape index (κ1) is 11.9. The first-order chi connectivity index (χ1) is 8.06. The van der Waals surface area contributed by atoms with Gasteiger partial charge in [0.1, 0.15) is 5.82 Å². The van der Waals surface area contributed by atoms with Crippen molar-refractivity contribution in [3.8, 4) is 0 Å². The average molecular weight is 271 g/mol. The maximum atomic E-state index is 11.7. The van der Waals surface area contributed by atoms with Gasteiger partial charge in [-0.1, -0.05) is 23.2 Å². The fourth-order valence-electron chi connectivity index (χ4n) is 1.22. The number of rotatable bonds is 2. The standard InChI is InChI=1S/C10H8Cl2N4O/c1-5-13-9(16-15-5)10(17)14-8-4-6(11)2-3-7(8)12/h2-4H,1H3,(H,14,17)(H,13,15,16). The van der Waals surface area contributed by atoms with Gasteiger partial charge in [-0.25, -0.2) is 4.98 Å². The van der Waals surface area contributed by atoms with Crippen molar-refractivity contribution < 1.29 is 4.79 Å². The Morgan fingerprint density at radius 3 is 2.82 bits per heavy atom. The van der Waals surface area contributed by atoms with Crippen LogP contribution in [0.1, 0.15) is 16.4 Å². The van der Waals surface area contributed by atoms with E-state index in [0.29, 0.717) is 21.6 Å². The molecule has 88 valence electrons. The van der Waals surface area contributed by atoms with Gasteiger partial charge >= 0.3 is 0 Å². The van der Waals surface area contributed by atoms with Gasteiger partial charge in [0.25, 0.3) is 5.91 Å². The van der Waals surface area contributed by atoms with Crippen molar-refractivity contribution in [1.82, 2.24) is 15.2 Å². The van der Waals surface area contributed by atoms with E-state index in [2.05, 4.69) is 20.5 Å². The van der Waals surface area contributed by atoms with Gasteiger partial charge < -0.3 is 5.32 Å². The number of nitrogens with one attached hydrogen (secondary N) is 2. The van der Waals surface area contributed by atoms with Gasteiger partial charge in [0.15, 0.2) is 0 Å². The highest BCUT2D eigenvalue weighted by atomic mass is 35.5. The lowest BCUT2D eigenvalue weighted by atomic mass is 10.3. The molecule has 0 spiro atoms. The number of H-pyrrole nitrogens is 1. The van der Waals surface area contributed by atoms with Crippen molar-refractivity contribution in [2.45, 2.75) is 6.92 Å². The van der Waals surface area contributed by atoms with Crippen LogP contribution in [0.2, 0.25) is 10.0 Å². The summed E-state index contributed by atoms with van der Waals surface area (Å²) >= 11 is 11.7. The van der Waals surface area contributed by atoms with E-state index in [0.717, 1.165) is 0 Å². The van der Waals surface area contributed by atoms with Gasteiger partial charge in [0.2, 0.25) is 5.82 Å². The Kier molecular flexibility index (Phi) is 3.31. The number of hydrogen-bond acceptors (Lipinski definition) is 3. The van der Waals surface area contributed by atoms with E-state index in [1.54, 1.807) is 25.1 Å². The third-order valence-corrected chi connectivity index (χ3v) is 2.54. The van der Waals surface area contributed by atoms with Crippen molar-refractivity contribution >= 4 is 34.8 Å². The van der Waals surface area contributed by atoms with Crippen LogP contribution in [0.15, 0.2) is 18.2 Å². The van der Waals surface area contributed by atoms with Crippen molar-refractivity contribution in [3.63, 3.8) is 0 Å². The van der Waals surface area contributed by atoms with Crippen LogP contribution in [0.4, 0.5) is 5.69 Å². The smallest absolute Gasteiger partial charge is 0.295 e. The fourth-order valence-corrected chi connectivity index (χ4v) is 1.55. The molecule has 7 heteroatoms. The maximum Gasteiger partial charge on any atom is 0.295 e. The number of benzene rings is 1. The molecule has 1 amide bonds. The molecule has 0 aliphatic heterocycles. The first-order valence-electron chi connectivity index (χ1n) is 4.71. The number of hydrogen-bond donors (Lipinski definition) is 2. The van der Waals surface area contributed by atoms with Crippen molar-refractivity contribution in [1.29, 1.82) is 0 Å². The van der Waals surface area contributed by atoms with Crippen LogP contribution < -0.4 is 5.32 Å². The topological polar surface area (TPSA) is 70.7 Å². The van der Waals surface area contributed by atoms with Crippen molar-refractivity contribution in [3.05, 3.63) is 39.9 Å². The highest BCUT2D eigenvalue weighted by Gasteiger charge is 2.13. The monoisotopic (exact) mass is 270 g/mol. The number of anilines is 1. The van der Waals surface area contributed by atoms with E-state index in [1.807, 2.05) is 0 Å². The molecule has 1 aromatic carbocycles.